The number of anilines is 1. The van der Waals surface area contributed by atoms with Crippen molar-refractivity contribution >= 4 is 40.5 Å². The van der Waals surface area contributed by atoms with Crippen LogP contribution in [0.15, 0.2) is 66.7 Å². The number of halogens is 3. The summed E-state index contributed by atoms with van der Waals surface area (Å²) in [5.74, 6) is -6.91. The van der Waals surface area contributed by atoms with Crippen LogP contribution >= 0.6 is 0 Å². The van der Waals surface area contributed by atoms with E-state index < -0.39 is 46.6 Å². The van der Waals surface area contributed by atoms with Crippen LogP contribution < -0.4 is 15.5 Å². The summed E-state index contributed by atoms with van der Waals surface area (Å²) >= 11 is 0. The van der Waals surface area contributed by atoms with Gasteiger partial charge in [0, 0.05) is 63.3 Å². The quantitative estimate of drug-likeness (QED) is 0.137. The Labute approximate surface area is 361 Å². The second-order valence-electron chi connectivity index (χ2n) is 17.2. The highest BCUT2D eigenvalue weighted by Gasteiger charge is 2.48. The zero-order valence-electron chi connectivity index (χ0n) is 34.9. The number of imide groups is 1. The van der Waals surface area contributed by atoms with Crippen LogP contribution in [-0.4, -0.2) is 128 Å². The van der Waals surface area contributed by atoms with Gasteiger partial charge in [0.15, 0.2) is 17.4 Å². The van der Waals surface area contributed by atoms with E-state index in [1.165, 1.54) is 5.57 Å². The van der Waals surface area contributed by atoms with Gasteiger partial charge in [0.1, 0.15) is 11.9 Å². The zero-order chi connectivity index (χ0) is 43.9. The first kappa shape index (κ1) is 42.0. The maximum absolute atomic E-state index is 14.2. The van der Waals surface area contributed by atoms with Gasteiger partial charge in [-0.2, -0.15) is 9.49 Å². The van der Waals surface area contributed by atoms with Crippen LogP contribution in [0, 0.1) is 23.4 Å². The number of phenols is 1. The highest BCUT2D eigenvalue weighted by molar-refractivity contribution is 6.02. The Morgan fingerprint density at radius 3 is 2.49 bits per heavy atom. The van der Waals surface area contributed by atoms with E-state index in [4.69, 9.17) is 15.1 Å². The molecule has 5 heterocycles. The number of amides is 5. The fourth-order valence-electron chi connectivity index (χ4n) is 9.62. The minimum Gasteiger partial charge on any atom is -0.503 e. The smallest absolute Gasteiger partial charge is 0.321 e. The molecule has 4 fully saturated rings. The number of piperidine rings is 1. The topological polar surface area (TPSA) is 169 Å². The van der Waals surface area contributed by atoms with E-state index in [9.17, 15) is 37.5 Å². The first-order chi connectivity index (χ1) is 30.4. The predicted molar refractivity (Wildman–Crippen MR) is 226 cm³/mol. The van der Waals surface area contributed by atoms with E-state index in [-0.39, 0.29) is 48.9 Å². The third-order valence-corrected chi connectivity index (χ3v) is 13.3. The molecule has 330 valence electrons. The third-order valence-electron chi connectivity index (χ3n) is 13.3. The largest absolute Gasteiger partial charge is 0.503 e. The van der Waals surface area contributed by atoms with E-state index in [1.54, 1.807) is 23.0 Å². The number of likely N-dealkylation sites (N-methyl/N-ethyl adjacent to an activating group) is 1. The molecule has 4 aromatic rings. The van der Waals surface area contributed by atoms with Gasteiger partial charge < -0.3 is 25.1 Å². The lowest BCUT2D eigenvalue weighted by atomic mass is 9.86. The van der Waals surface area contributed by atoms with Gasteiger partial charge in [-0.25, -0.2) is 18.6 Å². The lowest BCUT2D eigenvalue weighted by molar-refractivity contribution is -0.136. The van der Waals surface area contributed by atoms with Crippen molar-refractivity contribution in [2.24, 2.45) is 5.92 Å². The number of aromatic hydroxyl groups is 1. The highest BCUT2D eigenvalue weighted by Crippen LogP contribution is 2.35. The minimum atomic E-state index is -1.79. The van der Waals surface area contributed by atoms with Crippen molar-refractivity contribution in [3.05, 3.63) is 89.7 Å². The summed E-state index contributed by atoms with van der Waals surface area (Å²) < 4.78 is 43.6. The number of piperazine rings is 1. The molecule has 3 aliphatic heterocycles. The molecule has 5 amide bonds. The number of hydrogen-bond acceptors (Lipinski definition) is 10. The molecule has 3 atom stereocenters. The Kier molecular flexibility index (Phi) is 11.6. The molecule has 5 aliphatic rings. The van der Waals surface area contributed by atoms with Crippen molar-refractivity contribution < 1.29 is 37.5 Å². The Hall–Kier alpha value is -6.30. The summed E-state index contributed by atoms with van der Waals surface area (Å²) in [6.07, 6.45) is 17.5. The molecule has 0 bridgehead atoms. The maximum Gasteiger partial charge on any atom is 0.321 e. The molecule has 0 radical (unpaired) electrons. The summed E-state index contributed by atoms with van der Waals surface area (Å²) in [6.45, 7) is 4.68. The van der Waals surface area contributed by atoms with Crippen molar-refractivity contribution in [3.8, 4) is 17.0 Å². The number of phenolic OH excluding ortho intramolecular Hbond substituents is 1. The van der Waals surface area contributed by atoms with E-state index >= 15 is 0 Å². The number of urea groups is 1. The van der Waals surface area contributed by atoms with Crippen LogP contribution in [0.25, 0.3) is 22.2 Å². The van der Waals surface area contributed by atoms with E-state index in [2.05, 4.69) is 32.6 Å². The van der Waals surface area contributed by atoms with Gasteiger partial charge in [-0.15, -0.1) is 0 Å². The Morgan fingerprint density at radius 1 is 0.952 bits per heavy atom. The number of benzene rings is 2. The SMILES string of the molecule is CN1C(=O)N(C2CCC(=O)NC2=O)C2C=CC(CCCN3CCN(c4cnc(-c5ccc6cn([C@H]7CC[C@H](CNC(=O)c8cc(F)c(O)c(F)c8F)CC7)nc6c5)cn4)CC3)=CC21. The summed E-state index contributed by atoms with van der Waals surface area (Å²) in [7, 11) is 1.77. The van der Waals surface area contributed by atoms with Crippen molar-refractivity contribution in [3.63, 3.8) is 0 Å². The van der Waals surface area contributed by atoms with Crippen LogP contribution in [0.1, 0.15) is 67.8 Å². The van der Waals surface area contributed by atoms with Gasteiger partial charge in [-0.1, -0.05) is 35.9 Å². The van der Waals surface area contributed by atoms with Crippen LogP contribution in [0.5, 0.6) is 5.75 Å². The van der Waals surface area contributed by atoms with Crippen molar-refractivity contribution in [2.45, 2.75) is 75.5 Å². The average molecular weight is 867 g/mol. The van der Waals surface area contributed by atoms with Gasteiger partial charge in [0.25, 0.3) is 5.91 Å². The normalized spacial score (nSPS) is 24.2. The molecule has 3 N–H and O–H groups in total. The number of carbonyl (C=O) groups is 4. The Balaban J connectivity index is 0.720. The van der Waals surface area contributed by atoms with Crippen molar-refractivity contribution in [1.82, 2.24) is 45.1 Å². The summed E-state index contributed by atoms with van der Waals surface area (Å²) in [5.41, 5.74) is 2.91. The van der Waals surface area contributed by atoms with Gasteiger partial charge in [0.05, 0.1) is 47.3 Å². The summed E-state index contributed by atoms with van der Waals surface area (Å²) in [4.78, 5) is 67.5. The molecule has 2 aliphatic carbocycles. The Morgan fingerprint density at radius 2 is 1.75 bits per heavy atom. The van der Waals surface area contributed by atoms with Crippen molar-refractivity contribution in [1.29, 1.82) is 0 Å². The molecule has 18 heteroatoms. The molecule has 9 rings (SSSR count). The first-order valence-corrected chi connectivity index (χ1v) is 21.6. The molecule has 2 aromatic heterocycles. The fraction of sp³-hybridized carbons (Fsp3) is 0.444. The number of nitrogens with one attached hydrogen (secondary N) is 2. The van der Waals surface area contributed by atoms with Crippen LogP contribution in [0.4, 0.5) is 23.8 Å². The van der Waals surface area contributed by atoms with E-state index in [0.29, 0.717) is 12.5 Å². The van der Waals surface area contributed by atoms with E-state index in [1.807, 2.05) is 41.4 Å². The van der Waals surface area contributed by atoms with E-state index in [0.717, 1.165) is 99.2 Å². The van der Waals surface area contributed by atoms with Gasteiger partial charge >= 0.3 is 6.03 Å². The number of hydrogen-bond donors (Lipinski definition) is 3. The lowest BCUT2D eigenvalue weighted by Crippen LogP contribution is -2.55. The number of aromatic nitrogens is 4. The Bertz CT molecular complexity index is 2500. The van der Waals surface area contributed by atoms with Gasteiger partial charge in [-0.05, 0) is 69.5 Å². The molecule has 0 spiro atoms. The van der Waals surface area contributed by atoms with Gasteiger partial charge in [-0.3, -0.25) is 34.3 Å². The average Bonchev–Trinajstić information content (AvgIpc) is 3.83. The molecule has 3 unspecified atom stereocenters. The number of carbonyl (C=O) groups excluding carboxylic acids is 4. The predicted octanol–water partition coefficient (Wildman–Crippen LogP) is 5.09. The number of nitrogens with zero attached hydrogens (tertiary/aromatic N) is 8. The van der Waals surface area contributed by atoms with Gasteiger partial charge in [0.2, 0.25) is 17.6 Å². The second kappa shape index (κ2) is 17.5. The molecular formula is C45H49F3N10O5. The molecule has 3 saturated heterocycles. The maximum atomic E-state index is 14.2. The fourth-order valence-corrected chi connectivity index (χ4v) is 9.62. The second-order valence-corrected chi connectivity index (χ2v) is 17.2. The number of rotatable bonds is 11. The number of fused-ring (bicyclic) bond motifs is 2. The number of allylic oxidation sites excluding steroid dienone is 2. The monoisotopic (exact) mass is 866 g/mol. The minimum absolute atomic E-state index is 0.110. The zero-order valence-corrected chi connectivity index (χ0v) is 34.9. The molecular weight excluding hydrogens is 818 g/mol. The molecule has 63 heavy (non-hydrogen) atoms. The molecule has 1 saturated carbocycles. The highest BCUT2D eigenvalue weighted by atomic mass is 19.2. The molecule has 2 aromatic carbocycles. The summed E-state index contributed by atoms with van der Waals surface area (Å²) in [5, 5.41) is 20.1. The first-order valence-electron chi connectivity index (χ1n) is 21.6. The van der Waals surface area contributed by atoms with Crippen LogP contribution in [-0.2, 0) is 9.59 Å². The lowest BCUT2D eigenvalue weighted by Gasteiger charge is -2.35. The van der Waals surface area contributed by atoms with Crippen molar-refractivity contribution in [2.75, 3.05) is 51.2 Å². The van der Waals surface area contributed by atoms with Crippen LogP contribution in [0.2, 0.25) is 0 Å². The third kappa shape index (κ3) is 8.47. The van der Waals surface area contributed by atoms with Crippen LogP contribution in [0.3, 0.4) is 0 Å². The summed E-state index contributed by atoms with van der Waals surface area (Å²) in [6, 6.07) is 5.50. The standard InChI is InChI=1S/C45H49F3N10O5/c1-54-37-19-26(6-11-35(37)58(45(54)63)36-12-13-39(59)52-44(36)62)3-2-14-55-15-17-56(18-16-55)38-24-49-34(23-50-38)28-7-8-29-25-57(53-33(29)20-28)30-9-4-27(5-10-30)22-51-43(61)31-21-32(46)42(60)41(48)40(31)47/h6-8,11,19-21,23-25,27,30,35-37,60H,2-5,9-10,12-18,22H2,1H3,(H,51,61)(H,52,59,62)/t27-,30-,35?,36?,37?. The molecule has 15 nitrogen and oxygen atoms in total.